The van der Waals surface area contributed by atoms with E-state index in [-0.39, 0.29) is 17.1 Å². The van der Waals surface area contributed by atoms with Crippen LogP contribution in [0.2, 0.25) is 0 Å². The standard InChI is InChI=1S/C3O6.CH2O3.Cu/c4-1-6-3(7-1)8-2(5)9-3;2-1(3)4;/h;(H2,2,3,4);/q;;+2/p-2. The van der Waals surface area contributed by atoms with E-state index in [9.17, 15) is 9.59 Å². The van der Waals surface area contributed by atoms with E-state index in [0.29, 0.717) is 0 Å². The summed E-state index contributed by atoms with van der Waals surface area (Å²) >= 11 is 0. The Kier molecular flexibility index (Phi) is 3.54. The van der Waals surface area contributed by atoms with Crippen LogP contribution in [-0.2, 0) is 36.0 Å². The van der Waals surface area contributed by atoms with Crippen LogP contribution < -0.4 is 10.2 Å². The second-order valence-electron chi connectivity index (χ2n) is 1.66. The average molecular weight is 256 g/mol. The number of ether oxygens (including phenoxy) is 4. The van der Waals surface area contributed by atoms with Gasteiger partial charge in [0.2, 0.25) is 0 Å². The summed E-state index contributed by atoms with van der Waals surface area (Å²) in [5, 5.41) is 16.7. The van der Waals surface area contributed by atoms with Gasteiger partial charge >= 0.3 is 35.5 Å². The molecule has 0 saturated carbocycles. The molecule has 0 unspecified atom stereocenters. The Balaban J connectivity index is 0.000000299. The van der Waals surface area contributed by atoms with E-state index in [1.807, 2.05) is 0 Å². The first-order chi connectivity index (χ1) is 5.93. The minimum atomic E-state index is -2.33. The second kappa shape index (κ2) is 4.03. The molecule has 1 radical (unpaired) electrons. The number of hydrogen-bond acceptors (Lipinski definition) is 9. The smallest absolute Gasteiger partial charge is 0.652 e. The van der Waals surface area contributed by atoms with Crippen LogP contribution >= 0.6 is 0 Å². The van der Waals surface area contributed by atoms with E-state index < -0.39 is 24.6 Å². The zero-order valence-corrected chi connectivity index (χ0v) is 6.92. The van der Waals surface area contributed by atoms with Crippen LogP contribution in [0, 0.1) is 0 Å². The van der Waals surface area contributed by atoms with Crippen LogP contribution in [0.25, 0.3) is 0 Å². The first-order valence-electron chi connectivity index (χ1n) is 2.65. The van der Waals surface area contributed by atoms with Gasteiger partial charge in [-0.05, 0) is 6.16 Å². The fourth-order valence-corrected chi connectivity index (χ4v) is 0.507. The summed E-state index contributed by atoms with van der Waals surface area (Å²) in [5.41, 5.74) is 0. The predicted octanol–water partition coefficient (Wildman–Crippen LogP) is -2.52. The van der Waals surface area contributed by atoms with Crippen LogP contribution in [0.1, 0.15) is 0 Å². The molecule has 1 spiro atoms. The van der Waals surface area contributed by atoms with Gasteiger partial charge in [-0.15, -0.1) is 0 Å². The van der Waals surface area contributed by atoms with Crippen molar-refractivity contribution in [1.29, 1.82) is 0 Å². The van der Waals surface area contributed by atoms with Gasteiger partial charge in [0.05, 0.1) is 0 Å². The molecule has 14 heavy (non-hydrogen) atoms. The van der Waals surface area contributed by atoms with E-state index in [2.05, 4.69) is 18.9 Å². The molecule has 0 N–H and O–H groups in total. The fourth-order valence-electron chi connectivity index (χ4n) is 0.507. The molecule has 0 aromatic carbocycles. The van der Waals surface area contributed by atoms with Gasteiger partial charge in [0.1, 0.15) is 0 Å². The molecule has 0 aromatic heterocycles. The molecule has 2 fully saturated rings. The van der Waals surface area contributed by atoms with Crippen molar-refractivity contribution in [2.45, 2.75) is 6.16 Å². The SMILES string of the molecule is O=C([O-])[O-].O=C1OC2(O1)OC(=O)O2.[Cu+2]. The largest absolute Gasteiger partial charge is 2.00 e. The molecule has 0 aliphatic carbocycles. The third kappa shape index (κ3) is 2.68. The van der Waals surface area contributed by atoms with Gasteiger partial charge in [0.15, 0.2) is 0 Å². The molecule has 2 rings (SSSR count). The normalized spacial score (nSPS) is 18.6. The molecule has 0 amide bonds. The van der Waals surface area contributed by atoms with Gasteiger partial charge < -0.3 is 34.0 Å². The first kappa shape index (κ1) is 12.3. The summed E-state index contributed by atoms with van der Waals surface area (Å²) in [5.74, 6) is 0. The van der Waals surface area contributed by atoms with Gasteiger partial charge in [-0.25, -0.2) is 9.59 Å². The van der Waals surface area contributed by atoms with Crippen molar-refractivity contribution in [3.8, 4) is 0 Å². The van der Waals surface area contributed by atoms with E-state index in [4.69, 9.17) is 15.0 Å². The molecule has 2 heterocycles. The zero-order chi connectivity index (χ0) is 10.1. The van der Waals surface area contributed by atoms with Gasteiger partial charge in [0, 0.05) is 0 Å². The molecule has 9 nitrogen and oxygen atoms in total. The minimum Gasteiger partial charge on any atom is -0.652 e. The van der Waals surface area contributed by atoms with Crippen LogP contribution in [-0.4, -0.2) is 24.6 Å². The summed E-state index contributed by atoms with van der Waals surface area (Å²) in [6.07, 6.45) is -5.97. The quantitative estimate of drug-likeness (QED) is 0.339. The molecule has 0 bridgehead atoms. The van der Waals surface area contributed by atoms with Gasteiger partial charge in [-0.2, -0.15) is 0 Å². The van der Waals surface area contributed by atoms with Crippen molar-refractivity contribution in [3.63, 3.8) is 0 Å². The third-order valence-electron chi connectivity index (χ3n) is 0.833. The molecular weight excluding hydrogens is 256 g/mol. The summed E-state index contributed by atoms with van der Waals surface area (Å²) in [6, 6.07) is 0. The second-order valence-corrected chi connectivity index (χ2v) is 1.66. The Hall–Kier alpha value is -1.67. The number of carbonyl (C=O) groups excluding carboxylic acids is 3. The fraction of sp³-hybridized carbons (Fsp3) is 0.250. The van der Waals surface area contributed by atoms with Crippen LogP contribution in [0.15, 0.2) is 0 Å². The number of hydrogen-bond donors (Lipinski definition) is 0. The van der Waals surface area contributed by atoms with Crippen molar-refractivity contribution in [1.82, 2.24) is 0 Å². The Morgan fingerprint density at radius 3 is 1.36 bits per heavy atom. The molecule has 81 valence electrons. The minimum absolute atomic E-state index is 0. The Morgan fingerprint density at radius 1 is 1.00 bits per heavy atom. The molecule has 2 saturated heterocycles. The predicted molar refractivity (Wildman–Crippen MR) is 23.3 cm³/mol. The zero-order valence-electron chi connectivity index (χ0n) is 5.98. The van der Waals surface area contributed by atoms with Gasteiger partial charge in [-0.1, -0.05) is 0 Å². The molecule has 2 aliphatic rings. The first-order valence-corrected chi connectivity index (χ1v) is 2.65. The van der Waals surface area contributed by atoms with E-state index in [0.717, 1.165) is 0 Å². The maximum Gasteiger partial charge on any atom is 2.00 e. The maximum absolute atomic E-state index is 9.90. The topological polar surface area (TPSA) is 134 Å². The summed E-state index contributed by atoms with van der Waals surface area (Å²) < 4.78 is 16.4. The molecule has 2 aliphatic heterocycles. The van der Waals surface area contributed by atoms with Crippen molar-refractivity contribution >= 4 is 18.5 Å². The summed E-state index contributed by atoms with van der Waals surface area (Å²) in [4.78, 5) is 28.1. The van der Waals surface area contributed by atoms with Crippen molar-refractivity contribution in [2.75, 3.05) is 0 Å². The van der Waals surface area contributed by atoms with Crippen LogP contribution in [0.3, 0.4) is 0 Å². The summed E-state index contributed by atoms with van der Waals surface area (Å²) in [6.45, 7) is 0. The van der Waals surface area contributed by atoms with Crippen molar-refractivity contribution < 1.29 is 60.6 Å². The van der Waals surface area contributed by atoms with E-state index in [1.54, 1.807) is 0 Å². The molecular formula is C4CuO9. The van der Waals surface area contributed by atoms with Gasteiger partial charge in [0.25, 0.3) is 0 Å². The Labute approximate surface area is 86.0 Å². The van der Waals surface area contributed by atoms with Gasteiger partial charge in [-0.3, -0.25) is 0 Å². The van der Waals surface area contributed by atoms with Crippen LogP contribution in [0.5, 0.6) is 0 Å². The number of rotatable bonds is 0. The van der Waals surface area contributed by atoms with Crippen molar-refractivity contribution in [3.05, 3.63) is 0 Å². The third-order valence-corrected chi connectivity index (χ3v) is 0.833. The number of carboxylic acid groups (broad SMARTS) is 2. The molecule has 0 aromatic rings. The molecule has 0 atom stereocenters. The van der Waals surface area contributed by atoms with E-state index in [1.165, 1.54) is 0 Å². The average Bonchev–Trinajstić information content (AvgIpc) is 1.79. The van der Waals surface area contributed by atoms with Crippen LogP contribution in [0.4, 0.5) is 14.4 Å². The Morgan fingerprint density at radius 2 is 1.21 bits per heavy atom. The maximum atomic E-state index is 9.90. The van der Waals surface area contributed by atoms with Crippen molar-refractivity contribution in [2.24, 2.45) is 0 Å². The molecule has 10 heteroatoms. The number of carbonyl (C=O) groups is 3. The van der Waals surface area contributed by atoms with E-state index >= 15 is 0 Å². The monoisotopic (exact) mass is 255 g/mol. The Bertz CT molecular complexity index is 226. The summed E-state index contributed by atoms with van der Waals surface area (Å²) in [7, 11) is 0.